The number of aromatic nitrogens is 6. The zero-order valence-electron chi connectivity index (χ0n) is 15.7. The lowest BCUT2D eigenvalue weighted by Gasteiger charge is -2.10. The van der Waals surface area contributed by atoms with Crippen molar-refractivity contribution < 1.29 is 22.4 Å². The number of fused-ring (bicyclic) bond motifs is 1. The van der Waals surface area contributed by atoms with Gasteiger partial charge in [-0.3, -0.25) is 4.98 Å². The van der Waals surface area contributed by atoms with Crippen molar-refractivity contribution in [3.05, 3.63) is 41.9 Å². The first-order chi connectivity index (χ1) is 13.8. The summed E-state index contributed by atoms with van der Waals surface area (Å²) in [4.78, 5) is 4.24. The van der Waals surface area contributed by atoms with E-state index in [9.17, 15) is 8.42 Å². The lowest BCUT2D eigenvalue weighted by atomic mass is 10.3. The predicted molar refractivity (Wildman–Crippen MR) is 99.2 cm³/mol. The lowest BCUT2D eigenvalue weighted by Crippen LogP contribution is -2.06. The predicted octanol–water partition coefficient (Wildman–Crippen LogP) is 1.47. The van der Waals surface area contributed by atoms with Crippen molar-refractivity contribution in [2.45, 2.75) is 18.4 Å². The normalized spacial score (nSPS) is 11.7. The zero-order valence-corrected chi connectivity index (χ0v) is 16.5. The lowest BCUT2D eigenvalue weighted by molar-refractivity contribution is 0.264. The van der Waals surface area contributed by atoms with Crippen LogP contribution < -0.4 is 9.47 Å². The van der Waals surface area contributed by atoms with Crippen LogP contribution in [0.25, 0.3) is 17.2 Å². The van der Waals surface area contributed by atoms with E-state index < -0.39 is 9.84 Å². The quantitative estimate of drug-likeness (QED) is 0.455. The van der Waals surface area contributed by atoms with E-state index in [2.05, 4.69) is 25.4 Å². The fourth-order valence-electron chi connectivity index (χ4n) is 2.54. The highest BCUT2D eigenvalue weighted by Gasteiger charge is 2.18. The van der Waals surface area contributed by atoms with Crippen LogP contribution in [0.15, 0.2) is 39.9 Å². The summed E-state index contributed by atoms with van der Waals surface area (Å²) in [6.07, 6.45) is 2.41. The molecule has 4 heterocycles. The molecule has 0 unspecified atom stereocenters. The Labute approximate surface area is 165 Å². The topological polar surface area (TPSA) is 135 Å². The van der Waals surface area contributed by atoms with Gasteiger partial charge in [0.05, 0.1) is 17.7 Å². The Bertz CT molecular complexity index is 1280. The Morgan fingerprint density at radius 2 is 2.03 bits per heavy atom. The number of sulfone groups is 1. The van der Waals surface area contributed by atoms with Gasteiger partial charge in [0.2, 0.25) is 5.82 Å². The van der Waals surface area contributed by atoms with Gasteiger partial charge in [0, 0.05) is 24.6 Å². The van der Waals surface area contributed by atoms with E-state index in [0.717, 1.165) is 6.26 Å². The van der Waals surface area contributed by atoms with Crippen LogP contribution in [0.5, 0.6) is 11.6 Å². The SMILES string of the molecule is COc1cc2nnc(-c3cc(C)on3)n2nc1OCc1ccc(S(C)(=O)=O)cn1. The molecule has 29 heavy (non-hydrogen) atoms. The maximum absolute atomic E-state index is 11.5. The number of hydrogen-bond acceptors (Lipinski definition) is 10. The van der Waals surface area contributed by atoms with E-state index in [1.165, 1.54) is 23.9 Å². The molecule has 0 aliphatic carbocycles. The molecule has 150 valence electrons. The van der Waals surface area contributed by atoms with E-state index >= 15 is 0 Å². The molecule has 0 fully saturated rings. The summed E-state index contributed by atoms with van der Waals surface area (Å²) in [5, 5.41) is 16.5. The molecule has 0 saturated heterocycles. The largest absolute Gasteiger partial charge is 0.491 e. The minimum Gasteiger partial charge on any atom is -0.491 e. The van der Waals surface area contributed by atoms with Crippen molar-refractivity contribution in [2.24, 2.45) is 0 Å². The molecule has 0 spiro atoms. The van der Waals surface area contributed by atoms with Gasteiger partial charge >= 0.3 is 0 Å². The van der Waals surface area contributed by atoms with Gasteiger partial charge in [-0.05, 0) is 19.1 Å². The smallest absolute Gasteiger partial charge is 0.275 e. The van der Waals surface area contributed by atoms with Crippen molar-refractivity contribution in [3.8, 4) is 23.1 Å². The van der Waals surface area contributed by atoms with Crippen LogP contribution in [-0.2, 0) is 16.4 Å². The third kappa shape index (κ3) is 3.74. The Morgan fingerprint density at radius 3 is 2.66 bits per heavy atom. The number of hydrogen-bond donors (Lipinski definition) is 0. The maximum atomic E-state index is 11.5. The van der Waals surface area contributed by atoms with Crippen molar-refractivity contribution in [1.29, 1.82) is 0 Å². The summed E-state index contributed by atoms with van der Waals surface area (Å²) in [6.45, 7) is 1.83. The molecule has 0 saturated carbocycles. The van der Waals surface area contributed by atoms with Gasteiger partial charge in [0.15, 0.2) is 26.9 Å². The highest BCUT2D eigenvalue weighted by molar-refractivity contribution is 7.90. The Hall–Kier alpha value is -3.54. The Kier molecular flexibility index (Phi) is 4.62. The van der Waals surface area contributed by atoms with Crippen LogP contribution in [0, 0.1) is 6.92 Å². The molecule has 0 bridgehead atoms. The number of rotatable bonds is 6. The standard InChI is InChI=1S/C17H16N6O5S/c1-10-6-13(22-28-10)16-20-19-15-7-14(26-2)17(21-23(15)16)27-9-11-4-5-12(8-18-11)29(3,24)25/h4-8H,9H2,1-3H3. The van der Waals surface area contributed by atoms with Crippen LogP contribution >= 0.6 is 0 Å². The minimum atomic E-state index is -3.31. The molecule has 0 N–H and O–H groups in total. The second-order valence-electron chi connectivity index (χ2n) is 6.18. The van der Waals surface area contributed by atoms with Crippen LogP contribution in [0.1, 0.15) is 11.5 Å². The first-order valence-electron chi connectivity index (χ1n) is 8.37. The van der Waals surface area contributed by atoms with E-state index in [1.54, 1.807) is 25.1 Å². The second kappa shape index (κ2) is 7.13. The second-order valence-corrected chi connectivity index (χ2v) is 8.20. The monoisotopic (exact) mass is 416 g/mol. The molecule has 0 aliphatic heterocycles. The van der Waals surface area contributed by atoms with Crippen LogP contribution in [0.3, 0.4) is 0 Å². The molecule has 0 atom stereocenters. The molecule has 12 heteroatoms. The molecule has 0 radical (unpaired) electrons. The van der Waals surface area contributed by atoms with Crippen molar-refractivity contribution >= 4 is 15.5 Å². The Balaban J connectivity index is 1.64. The maximum Gasteiger partial charge on any atom is 0.275 e. The fraction of sp³-hybridized carbons (Fsp3) is 0.235. The first kappa shape index (κ1) is 18.8. The summed E-state index contributed by atoms with van der Waals surface area (Å²) < 4.78 is 40.7. The number of nitrogens with zero attached hydrogens (tertiary/aromatic N) is 6. The summed E-state index contributed by atoms with van der Waals surface area (Å²) in [5.74, 6) is 1.57. The minimum absolute atomic E-state index is 0.0550. The molecule has 4 aromatic heterocycles. The van der Waals surface area contributed by atoms with Gasteiger partial charge in [-0.25, -0.2) is 8.42 Å². The third-order valence-electron chi connectivity index (χ3n) is 3.99. The summed E-state index contributed by atoms with van der Waals surface area (Å²) in [5.41, 5.74) is 1.45. The van der Waals surface area contributed by atoms with E-state index in [0.29, 0.717) is 34.4 Å². The molecule has 0 aromatic carbocycles. The van der Waals surface area contributed by atoms with Gasteiger partial charge in [-0.15, -0.1) is 15.3 Å². The van der Waals surface area contributed by atoms with Crippen LogP contribution in [-0.4, -0.2) is 51.7 Å². The van der Waals surface area contributed by atoms with E-state index in [4.69, 9.17) is 14.0 Å². The average Bonchev–Trinajstić information content (AvgIpc) is 3.30. The van der Waals surface area contributed by atoms with Gasteiger partial charge in [0.1, 0.15) is 12.4 Å². The van der Waals surface area contributed by atoms with Gasteiger partial charge in [-0.1, -0.05) is 5.16 Å². The first-order valence-corrected chi connectivity index (χ1v) is 10.3. The van der Waals surface area contributed by atoms with Crippen LogP contribution in [0.4, 0.5) is 0 Å². The van der Waals surface area contributed by atoms with Gasteiger partial charge in [-0.2, -0.15) is 4.52 Å². The average molecular weight is 416 g/mol. The molecule has 4 aromatic rings. The molecular weight excluding hydrogens is 400 g/mol. The summed E-state index contributed by atoms with van der Waals surface area (Å²) >= 11 is 0. The number of ether oxygens (including phenoxy) is 2. The van der Waals surface area contributed by atoms with Gasteiger partial charge < -0.3 is 14.0 Å². The van der Waals surface area contributed by atoms with Gasteiger partial charge in [0.25, 0.3) is 5.88 Å². The number of methoxy groups -OCH3 is 1. The highest BCUT2D eigenvalue weighted by Crippen LogP contribution is 2.28. The highest BCUT2D eigenvalue weighted by atomic mass is 32.2. The van der Waals surface area contributed by atoms with Crippen LogP contribution in [0.2, 0.25) is 0 Å². The van der Waals surface area contributed by atoms with Crippen molar-refractivity contribution in [3.63, 3.8) is 0 Å². The summed E-state index contributed by atoms with van der Waals surface area (Å²) in [7, 11) is -1.83. The van der Waals surface area contributed by atoms with Crippen molar-refractivity contribution in [1.82, 2.24) is 30.0 Å². The zero-order chi connectivity index (χ0) is 20.6. The Morgan fingerprint density at radius 1 is 1.21 bits per heavy atom. The summed E-state index contributed by atoms with van der Waals surface area (Å²) in [6, 6.07) is 6.39. The fourth-order valence-corrected chi connectivity index (χ4v) is 3.09. The number of pyridine rings is 1. The van der Waals surface area contributed by atoms with E-state index in [1.807, 2.05) is 0 Å². The molecule has 0 amide bonds. The van der Waals surface area contributed by atoms with E-state index in [-0.39, 0.29) is 17.4 Å². The third-order valence-corrected chi connectivity index (χ3v) is 5.08. The number of aryl methyl sites for hydroxylation is 1. The molecular formula is C17H16N6O5S. The molecule has 0 aliphatic rings. The molecule has 11 nitrogen and oxygen atoms in total. The van der Waals surface area contributed by atoms with Crippen molar-refractivity contribution in [2.75, 3.05) is 13.4 Å². The molecule has 4 rings (SSSR count).